The number of nitrogens with zero attached hydrogens (tertiary/aromatic N) is 3. The zero-order chi connectivity index (χ0) is 13.3. The van der Waals surface area contributed by atoms with E-state index in [2.05, 4.69) is 27.1 Å². The number of nitriles is 1. The zero-order valence-electron chi connectivity index (χ0n) is 10.4. The maximum absolute atomic E-state index is 8.86. The van der Waals surface area contributed by atoms with Crippen LogP contribution in [0.5, 0.6) is 11.5 Å². The standard InChI is InChI=1S/C13H12BrN3O/c1-8-13(9(2)17(3)16-8)18-11-5-4-10(7-15)12(14)6-11/h4-6H,1-3H3. The van der Waals surface area contributed by atoms with Gasteiger partial charge in [0.15, 0.2) is 5.75 Å². The van der Waals surface area contributed by atoms with Crippen molar-refractivity contribution >= 4 is 15.9 Å². The third kappa shape index (κ3) is 2.24. The molecule has 2 rings (SSSR count). The molecule has 18 heavy (non-hydrogen) atoms. The van der Waals surface area contributed by atoms with E-state index in [4.69, 9.17) is 10.00 Å². The van der Waals surface area contributed by atoms with E-state index in [0.29, 0.717) is 11.3 Å². The van der Waals surface area contributed by atoms with Crippen LogP contribution in [0.15, 0.2) is 22.7 Å². The van der Waals surface area contributed by atoms with Gasteiger partial charge in [-0.15, -0.1) is 0 Å². The first kappa shape index (κ1) is 12.7. The highest BCUT2D eigenvalue weighted by Crippen LogP contribution is 2.30. The Hall–Kier alpha value is -1.80. The van der Waals surface area contributed by atoms with E-state index < -0.39 is 0 Å². The van der Waals surface area contributed by atoms with Crippen LogP contribution in [0.25, 0.3) is 0 Å². The highest BCUT2D eigenvalue weighted by Gasteiger charge is 2.12. The van der Waals surface area contributed by atoms with E-state index in [1.807, 2.05) is 20.9 Å². The molecule has 0 bridgehead atoms. The summed E-state index contributed by atoms with van der Waals surface area (Å²) >= 11 is 3.34. The van der Waals surface area contributed by atoms with Crippen LogP contribution >= 0.6 is 15.9 Å². The Labute approximate surface area is 114 Å². The van der Waals surface area contributed by atoms with Gasteiger partial charge < -0.3 is 4.74 Å². The normalized spacial score (nSPS) is 10.2. The molecule has 0 fully saturated rings. The first-order chi connectivity index (χ1) is 8.52. The molecule has 0 atom stereocenters. The highest BCUT2D eigenvalue weighted by molar-refractivity contribution is 9.10. The van der Waals surface area contributed by atoms with Crippen LogP contribution in [0.3, 0.4) is 0 Å². The van der Waals surface area contributed by atoms with Crippen molar-refractivity contribution in [3.05, 3.63) is 39.6 Å². The minimum absolute atomic E-state index is 0.585. The van der Waals surface area contributed by atoms with Gasteiger partial charge >= 0.3 is 0 Å². The van der Waals surface area contributed by atoms with Crippen molar-refractivity contribution in [3.8, 4) is 17.6 Å². The molecule has 4 nitrogen and oxygen atoms in total. The largest absolute Gasteiger partial charge is 0.453 e. The Balaban J connectivity index is 2.35. The van der Waals surface area contributed by atoms with Gasteiger partial charge in [0.1, 0.15) is 17.5 Å². The van der Waals surface area contributed by atoms with Gasteiger partial charge in [0, 0.05) is 11.5 Å². The monoisotopic (exact) mass is 305 g/mol. The molecule has 0 amide bonds. The molecule has 5 heteroatoms. The Morgan fingerprint density at radius 2 is 2.11 bits per heavy atom. The molecule has 92 valence electrons. The molecule has 0 N–H and O–H groups in total. The van der Waals surface area contributed by atoms with Crippen LogP contribution in [-0.2, 0) is 7.05 Å². The van der Waals surface area contributed by atoms with Gasteiger partial charge in [-0.25, -0.2) is 0 Å². The van der Waals surface area contributed by atoms with Crippen LogP contribution in [0.1, 0.15) is 17.0 Å². The van der Waals surface area contributed by atoms with E-state index in [0.717, 1.165) is 21.6 Å². The first-order valence-corrected chi connectivity index (χ1v) is 6.20. The summed E-state index contributed by atoms with van der Waals surface area (Å²) in [6, 6.07) is 7.37. The fourth-order valence-corrected chi connectivity index (χ4v) is 2.12. The molecule has 1 aromatic carbocycles. The molecule has 0 spiro atoms. The van der Waals surface area contributed by atoms with Gasteiger partial charge in [-0.2, -0.15) is 10.4 Å². The average Bonchev–Trinajstić information content (AvgIpc) is 2.56. The predicted octanol–water partition coefficient (Wildman–Crippen LogP) is 3.46. The van der Waals surface area contributed by atoms with E-state index in [9.17, 15) is 0 Å². The molecule has 0 saturated carbocycles. The van der Waals surface area contributed by atoms with Gasteiger partial charge in [-0.3, -0.25) is 4.68 Å². The molecular formula is C13H12BrN3O. The summed E-state index contributed by atoms with van der Waals surface area (Å²) in [6.45, 7) is 3.86. The summed E-state index contributed by atoms with van der Waals surface area (Å²) in [6.07, 6.45) is 0. The second-order valence-corrected chi connectivity index (χ2v) is 4.83. The lowest BCUT2D eigenvalue weighted by Gasteiger charge is -2.07. The second-order valence-electron chi connectivity index (χ2n) is 3.98. The number of benzene rings is 1. The number of ether oxygens (including phenoxy) is 1. The van der Waals surface area contributed by atoms with Crippen LogP contribution in [-0.4, -0.2) is 9.78 Å². The van der Waals surface area contributed by atoms with Crippen molar-refractivity contribution in [1.82, 2.24) is 9.78 Å². The van der Waals surface area contributed by atoms with Gasteiger partial charge in [-0.1, -0.05) is 0 Å². The minimum atomic E-state index is 0.585. The summed E-state index contributed by atoms with van der Waals surface area (Å²) in [5, 5.41) is 13.1. The maximum Gasteiger partial charge on any atom is 0.171 e. The average molecular weight is 306 g/mol. The minimum Gasteiger partial charge on any atom is -0.453 e. The number of rotatable bonds is 2. The molecule has 0 unspecified atom stereocenters. The predicted molar refractivity (Wildman–Crippen MR) is 71.6 cm³/mol. The second kappa shape index (κ2) is 4.83. The molecule has 1 heterocycles. The number of hydrogen-bond donors (Lipinski definition) is 0. The molecule has 2 aromatic rings. The van der Waals surface area contributed by atoms with Gasteiger partial charge in [-0.05, 0) is 48.0 Å². The van der Waals surface area contributed by atoms with Gasteiger partial charge in [0.25, 0.3) is 0 Å². The van der Waals surface area contributed by atoms with Crippen molar-refractivity contribution in [2.75, 3.05) is 0 Å². The number of hydrogen-bond acceptors (Lipinski definition) is 3. The third-order valence-electron chi connectivity index (χ3n) is 2.72. The van der Waals surface area contributed by atoms with E-state index in [1.165, 1.54) is 0 Å². The molecule has 0 radical (unpaired) electrons. The number of aromatic nitrogens is 2. The van der Waals surface area contributed by atoms with E-state index in [1.54, 1.807) is 22.9 Å². The first-order valence-electron chi connectivity index (χ1n) is 5.40. The lowest BCUT2D eigenvalue weighted by molar-refractivity contribution is 0.474. The molecule has 1 aromatic heterocycles. The molecule has 0 aliphatic carbocycles. The smallest absolute Gasteiger partial charge is 0.171 e. The van der Waals surface area contributed by atoms with Crippen molar-refractivity contribution < 1.29 is 4.74 Å². The lowest BCUT2D eigenvalue weighted by Crippen LogP contribution is -1.93. The molecule has 0 aliphatic heterocycles. The fraction of sp³-hybridized carbons (Fsp3) is 0.231. The van der Waals surface area contributed by atoms with Crippen molar-refractivity contribution in [1.29, 1.82) is 5.26 Å². The van der Waals surface area contributed by atoms with Crippen LogP contribution in [0.2, 0.25) is 0 Å². The van der Waals surface area contributed by atoms with Crippen LogP contribution < -0.4 is 4.74 Å². The number of halogens is 1. The number of aryl methyl sites for hydroxylation is 2. The van der Waals surface area contributed by atoms with Crippen molar-refractivity contribution in [2.45, 2.75) is 13.8 Å². The molecule has 0 saturated heterocycles. The lowest BCUT2D eigenvalue weighted by atomic mass is 10.2. The SMILES string of the molecule is Cc1nn(C)c(C)c1Oc1ccc(C#N)c(Br)c1. The Morgan fingerprint density at radius 3 is 2.61 bits per heavy atom. The van der Waals surface area contributed by atoms with Crippen LogP contribution in [0, 0.1) is 25.2 Å². The van der Waals surface area contributed by atoms with Crippen molar-refractivity contribution in [2.24, 2.45) is 7.05 Å². The quantitative estimate of drug-likeness (QED) is 0.853. The van der Waals surface area contributed by atoms with Crippen LogP contribution in [0.4, 0.5) is 0 Å². The highest BCUT2D eigenvalue weighted by atomic mass is 79.9. The van der Waals surface area contributed by atoms with Gasteiger partial charge in [0.2, 0.25) is 0 Å². The summed E-state index contributed by atoms with van der Waals surface area (Å²) in [5.74, 6) is 1.44. The van der Waals surface area contributed by atoms with Crippen molar-refractivity contribution in [3.63, 3.8) is 0 Å². The third-order valence-corrected chi connectivity index (χ3v) is 3.38. The Morgan fingerprint density at radius 1 is 1.39 bits per heavy atom. The fourth-order valence-electron chi connectivity index (χ4n) is 1.67. The van der Waals surface area contributed by atoms with E-state index in [-0.39, 0.29) is 0 Å². The van der Waals surface area contributed by atoms with Gasteiger partial charge in [0.05, 0.1) is 11.3 Å². The summed E-state index contributed by atoms with van der Waals surface area (Å²) in [5.41, 5.74) is 2.39. The summed E-state index contributed by atoms with van der Waals surface area (Å²) < 4.78 is 8.32. The Kier molecular flexibility index (Phi) is 3.39. The molecule has 0 aliphatic rings. The maximum atomic E-state index is 8.86. The van der Waals surface area contributed by atoms with E-state index >= 15 is 0 Å². The Bertz CT molecular complexity index is 640. The topological polar surface area (TPSA) is 50.8 Å². The summed E-state index contributed by atoms with van der Waals surface area (Å²) in [7, 11) is 1.88. The zero-order valence-corrected chi connectivity index (χ0v) is 11.9. The summed E-state index contributed by atoms with van der Waals surface area (Å²) in [4.78, 5) is 0. The molecular weight excluding hydrogens is 294 g/mol.